The summed E-state index contributed by atoms with van der Waals surface area (Å²) in [5, 5.41) is 0. The van der Waals surface area contributed by atoms with Crippen LogP contribution in [0.5, 0.6) is 0 Å². The molecule has 0 atom stereocenters. The second-order valence-corrected chi connectivity index (χ2v) is 7.47. The van der Waals surface area contributed by atoms with E-state index >= 15 is 0 Å². The van der Waals surface area contributed by atoms with Crippen LogP contribution in [-0.2, 0) is 4.79 Å². The number of carbonyl (C=O) groups excluding carboxylic acids is 2. The van der Waals surface area contributed by atoms with Gasteiger partial charge in [-0.25, -0.2) is 0 Å². The third-order valence-corrected chi connectivity index (χ3v) is 5.28. The van der Waals surface area contributed by atoms with Crippen molar-refractivity contribution < 1.29 is 9.59 Å². The van der Waals surface area contributed by atoms with Crippen LogP contribution in [0.3, 0.4) is 0 Å². The van der Waals surface area contributed by atoms with E-state index in [1.165, 1.54) is 18.5 Å². The fourth-order valence-corrected chi connectivity index (χ4v) is 3.61. The summed E-state index contributed by atoms with van der Waals surface area (Å²) in [6.45, 7) is 5.46. The Morgan fingerprint density at radius 2 is 1.46 bits per heavy atom. The molecular weight excluding hydrogens is 328 g/mol. The van der Waals surface area contributed by atoms with Crippen LogP contribution in [0, 0.1) is 0 Å². The Hall–Kier alpha value is -2.08. The lowest BCUT2D eigenvalue weighted by Gasteiger charge is -2.35. The van der Waals surface area contributed by atoms with Gasteiger partial charge in [-0.1, -0.05) is 0 Å². The van der Waals surface area contributed by atoms with Crippen LogP contribution < -0.4 is 4.90 Å². The Balaban J connectivity index is 1.51. The molecule has 0 radical (unpaired) electrons. The number of hydrogen-bond acceptors (Lipinski definition) is 4. The third-order valence-electron chi connectivity index (χ3n) is 5.28. The maximum Gasteiger partial charge on any atom is 0.253 e. The number of carbonyl (C=O) groups is 2. The molecule has 6 heteroatoms. The van der Waals surface area contributed by atoms with Crippen LogP contribution >= 0.6 is 0 Å². The van der Waals surface area contributed by atoms with Crippen LogP contribution in [0.2, 0.25) is 0 Å². The van der Waals surface area contributed by atoms with Gasteiger partial charge in [0.1, 0.15) is 0 Å². The van der Waals surface area contributed by atoms with E-state index in [1.807, 2.05) is 40.9 Å². The lowest BCUT2D eigenvalue weighted by atomic mass is 10.1. The first-order chi connectivity index (χ1) is 12.5. The van der Waals surface area contributed by atoms with E-state index in [4.69, 9.17) is 0 Å². The topological polar surface area (TPSA) is 47.1 Å². The van der Waals surface area contributed by atoms with E-state index in [2.05, 4.69) is 17.0 Å². The van der Waals surface area contributed by atoms with Crippen molar-refractivity contribution in [3.8, 4) is 0 Å². The molecule has 1 aromatic carbocycles. The molecule has 0 aliphatic carbocycles. The zero-order valence-electron chi connectivity index (χ0n) is 16.0. The van der Waals surface area contributed by atoms with Crippen LogP contribution in [0.1, 0.15) is 29.6 Å². The zero-order chi connectivity index (χ0) is 18.5. The van der Waals surface area contributed by atoms with E-state index in [0.29, 0.717) is 32.6 Å². The normalized spacial score (nSPS) is 17.9. The van der Waals surface area contributed by atoms with Gasteiger partial charge >= 0.3 is 0 Å². The summed E-state index contributed by atoms with van der Waals surface area (Å²) in [4.78, 5) is 33.1. The van der Waals surface area contributed by atoms with E-state index in [9.17, 15) is 9.59 Å². The van der Waals surface area contributed by atoms with Gasteiger partial charge in [0.15, 0.2) is 0 Å². The third kappa shape index (κ3) is 4.55. The molecule has 2 heterocycles. The first-order valence-electron chi connectivity index (χ1n) is 9.61. The molecule has 0 aromatic heterocycles. The number of anilines is 1. The van der Waals surface area contributed by atoms with Gasteiger partial charge in [-0.15, -0.1) is 0 Å². The number of piperazine rings is 1. The molecule has 1 aromatic rings. The van der Waals surface area contributed by atoms with Crippen molar-refractivity contribution in [1.82, 2.24) is 14.7 Å². The molecule has 6 nitrogen and oxygen atoms in total. The minimum absolute atomic E-state index is 0.0679. The summed E-state index contributed by atoms with van der Waals surface area (Å²) in [6, 6.07) is 7.98. The number of hydrogen-bond donors (Lipinski definition) is 0. The van der Waals surface area contributed by atoms with Crippen molar-refractivity contribution in [3.05, 3.63) is 29.8 Å². The fraction of sp³-hybridized carbons (Fsp3) is 0.600. The van der Waals surface area contributed by atoms with E-state index in [-0.39, 0.29) is 11.8 Å². The second kappa shape index (κ2) is 8.54. The summed E-state index contributed by atoms with van der Waals surface area (Å²) < 4.78 is 0. The highest BCUT2D eigenvalue weighted by Crippen LogP contribution is 2.21. The van der Waals surface area contributed by atoms with Crippen molar-refractivity contribution in [2.45, 2.75) is 19.3 Å². The summed E-state index contributed by atoms with van der Waals surface area (Å²) in [5.41, 5.74) is 1.94. The zero-order valence-corrected chi connectivity index (χ0v) is 16.0. The first kappa shape index (κ1) is 18.7. The van der Waals surface area contributed by atoms with Crippen molar-refractivity contribution in [2.24, 2.45) is 0 Å². The molecule has 0 N–H and O–H groups in total. The summed E-state index contributed by atoms with van der Waals surface area (Å²) in [7, 11) is 3.94. The number of rotatable bonds is 5. The quantitative estimate of drug-likeness (QED) is 0.801. The van der Waals surface area contributed by atoms with Crippen LogP contribution in [0.4, 0.5) is 5.69 Å². The predicted molar refractivity (Wildman–Crippen MR) is 104 cm³/mol. The monoisotopic (exact) mass is 358 g/mol. The average molecular weight is 358 g/mol. The maximum atomic E-state index is 12.7. The molecule has 26 heavy (non-hydrogen) atoms. The summed E-state index contributed by atoms with van der Waals surface area (Å²) >= 11 is 0. The van der Waals surface area contributed by atoms with Gasteiger partial charge in [-0.2, -0.15) is 0 Å². The Kier molecular flexibility index (Phi) is 6.14. The number of nitrogens with zero attached hydrogens (tertiary/aromatic N) is 4. The van der Waals surface area contributed by atoms with Gasteiger partial charge in [-0.3, -0.25) is 9.59 Å². The lowest BCUT2D eigenvalue weighted by molar-refractivity contribution is -0.132. The van der Waals surface area contributed by atoms with Gasteiger partial charge < -0.3 is 19.6 Å². The van der Waals surface area contributed by atoms with Crippen LogP contribution in [-0.4, -0.2) is 86.4 Å². The molecule has 2 saturated heterocycles. The molecule has 0 spiro atoms. The molecule has 3 rings (SSSR count). The van der Waals surface area contributed by atoms with E-state index < -0.39 is 0 Å². The highest BCUT2D eigenvalue weighted by atomic mass is 16.2. The summed E-state index contributed by atoms with van der Waals surface area (Å²) in [6.07, 6.45) is 3.04. The van der Waals surface area contributed by atoms with E-state index in [0.717, 1.165) is 25.2 Å². The van der Waals surface area contributed by atoms with Crippen LogP contribution in [0.25, 0.3) is 0 Å². The largest absolute Gasteiger partial charge is 0.372 e. The van der Waals surface area contributed by atoms with Gasteiger partial charge in [0.2, 0.25) is 5.91 Å². The molecule has 0 bridgehead atoms. The van der Waals surface area contributed by atoms with Gasteiger partial charge in [0.25, 0.3) is 5.91 Å². The minimum Gasteiger partial charge on any atom is -0.372 e. The molecule has 2 fully saturated rings. The van der Waals surface area contributed by atoms with Crippen molar-refractivity contribution in [2.75, 3.05) is 64.8 Å². The van der Waals surface area contributed by atoms with Crippen molar-refractivity contribution >= 4 is 17.5 Å². The Labute approximate surface area is 156 Å². The van der Waals surface area contributed by atoms with Gasteiger partial charge in [0, 0.05) is 63.5 Å². The van der Waals surface area contributed by atoms with Crippen molar-refractivity contribution in [1.29, 1.82) is 0 Å². The molecule has 0 saturated carbocycles. The smallest absolute Gasteiger partial charge is 0.253 e. The van der Waals surface area contributed by atoms with Crippen LogP contribution in [0.15, 0.2) is 24.3 Å². The minimum atomic E-state index is 0.0679. The lowest BCUT2D eigenvalue weighted by Crippen LogP contribution is -2.50. The highest BCUT2D eigenvalue weighted by Gasteiger charge is 2.24. The Morgan fingerprint density at radius 1 is 0.885 bits per heavy atom. The molecule has 2 aliphatic heterocycles. The average Bonchev–Trinajstić information content (AvgIpc) is 3.20. The second-order valence-electron chi connectivity index (χ2n) is 7.47. The molecule has 2 amide bonds. The molecule has 142 valence electrons. The first-order valence-corrected chi connectivity index (χ1v) is 9.61. The molecular formula is C20H30N4O2. The van der Waals surface area contributed by atoms with Crippen molar-refractivity contribution in [3.63, 3.8) is 0 Å². The number of amides is 2. The van der Waals surface area contributed by atoms with Gasteiger partial charge in [-0.05, 0) is 51.2 Å². The predicted octanol–water partition coefficient (Wildman–Crippen LogP) is 1.52. The Bertz CT molecular complexity index is 615. The fourth-order valence-electron chi connectivity index (χ4n) is 3.61. The summed E-state index contributed by atoms with van der Waals surface area (Å²) in [5.74, 6) is 0.249. The van der Waals surface area contributed by atoms with E-state index in [1.54, 1.807) is 0 Å². The van der Waals surface area contributed by atoms with Gasteiger partial charge in [0.05, 0.1) is 0 Å². The SMILES string of the molecule is CN(C)CCC(=O)N1CCN(C(=O)c2ccc(N3CCCC3)cc2)CC1. The standard InChI is InChI=1S/C20H30N4O2/c1-21(2)12-9-19(25)23-13-15-24(16-14-23)20(26)17-5-7-18(8-6-17)22-10-3-4-11-22/h5-8H,3-4,9-16H2,1-2H3. The maximum absolute atomic E-state index is 12.7. The molecule has 2 aliphatic rings. The molecule has 0 unspecified atom stereocenters. The Morgan fingerprint density at radius 3 is 2.04 bits per heavy atom. The number of benzene rings is 1. The highest BCUT2D eigenvalue weighted by molar-refractivity contribution is 5.94.